The standard InChI is InChI=1S/C18H26N2O3/c1-13(21)11-19-9-10-20-12-17-7-8-18(23-17)16-5-3-15(4-6-16)14(2)22/h3-8,13-14,19-22H,9-12H2,1-2H3/p+2/t13-,14+/m0/s1. The average molecular weight is 320 g/mol. The summed E-state index contributed by atoms with van der Waals surface area (Å²) in [6.45, 7) is 7.10. The highest BCUT2D eigenvalue weighted by Crippen LogP contribution is 2.23. The minimum atomic E-state index is -0.448. The monoisotopic (exact) mass is 320 g/mol. The number of aliphatic hydroxyl groups excluding tert-OH is 2. The van der Waals surface area contributed by atoms with E-state index < -0.39 is 6.10 Å². The third-order valence-corrected chi connectivity index (χ3v) is 3.77. The van der Waals surface area contributed by atoms with Gasteiger partial charge in [0.05, 0.1) is 12.2 Å². The molecule has 5 heteroatoms. The predicted octanol–water partition coefficient (Wildman–Crippen LogP) is 0.00750. The molecule has 0 aliphatic rings. The molecule has 126 valence electrons. The van der Waals surface area contributed by atoms with Gasteiger partial charge in [-0.05, 0) is 31.5 Å². The van der Waals surface area contributed by atoms with Crippen molar-refractivity contribution in [2.75, 3.05) is 19.6 Å². The highest BCUT2D eigenvalue weighted by atomic mass is 16.3. The van der Waals surface area contributed by atoms with Crippen molar-refractivity contribution in [2.24, 2.45) is 0 Å². The number of furan rings is 1. The first kappa shape index (κ1) is 17.7. The van der Waals surface area contributed by atoms with Crippen molar-refractivity contribution >= 4 is 0 Å². The molecule has 0 unspecified atom stereocenters. The van der Waals surface area contributed by atoms with E-state index in [1.54, 1.807) is 13.8 Å². The van der Waals surface area contributed by atoms with E-state index in [9.17, 15) is 10.2 Å². The Morgan fingerprint density at radius 2 is 1.65 bits per heavy atom. The molecule has 2 aromatic rings. The lowest BCUT2D eigenvalue weighted by atomic mass is 10.1. The van der Waals surface area contributed by atoms with Crippen LogP contribution in [0.15, 0.2) is 40.8 Å². The second-order valence-corrected chi connectivity index (χ2v) is 6.01. The number of rotatable bonds is 9. The van der Waals surface area contributed by atoms with Crippen LogP contribution in [0.2, 0.25) is 0 Å². The van der Waals surface area contributed by atoms with E-state index in [1.165, 1.54) is 0 Å². The Balaban J connectivity index is 1.79. The number of quaternary nitrogens is 2. The molecule has 23 heavy (non-hydrogen) atoms. The van der Waals surface area contributed by atoms with E-state index >= 15 is 0 Å². The second-order valence-electron chi connectivity index (χ2n) is 6.01. The molecule has 0 radical (unpaired) electrons. The summed E-state index contributed by atoms with van der Waals surface area (Å²) in [5.41, 5.74) is 1.92. The zero-order chi connectivity index (χ0) is 16.7. The van der Waals surface area contributed by atoms with Crippen LogP contribution in [0.25, 0.3) is 11.3 Å². The number of nitrogens with two attached hydrogens (primary N) is 2. The van der Waals surface area contributed by atoms with E-state index in [4.69, 9.17) is 4.42 Å². The van der Waals surface area contributed by atoms with Gasteiger partial charge in [-0.3, -0.25) is 0 Å². The fourth-order valence-electron chi connectivity index (χ4n) is 2.41. The summed E-state index contributed by atoms with van der Waals surface area (Å²) in [5.74, 6) is 1.81. The Morgan fingerprint density at radius 3 is 2.30 bits per heavy atom. The molecule has 2 atom stereocenters. The minimum Gasteiger partial charge on any atom is -0.455 e. The topological polar surface area (TPSA) is 86.8 Å². The molecular weight excluding hydrogens is 292 g/mol. The van der Waals surface area contributed by atoms with E-state index in [2.05, 4.69) is 10.6 Å². The quantitative estimate of drug-likeness (QED) is 0.491. The molecule has 0 aliphatic carbocycles. The van der Waals surface area contributed by atoms with Gasteiger partial charge in [-0.2, -0.15) is 0 Å². The molecule has 0 saturated carbocycles. The van der Waals surface area contributed by atoms with Crippen molar-refractivity contribution in [3.63, 3.8) is 0 Å². The first-order valence-electron chi connectivity index (χ1n) is 8.24. The Hall–Kier alpha value is -1.66. The van der Waals surface area contributed by atoms with Gasteiger partial charge in [-0.25, -0.2) is 0 Å². The minimum absolute atomic E-state index is 0.247. The highest BCUT2D eigenvalue weighted by Gasteiger charge is 2.07. The van der Waals surface area contributed by atoms with Gasteiger partial charge in [0.25, 0.3) is 0 Å². The summed E-state index contributed by atoms with van der Waals surface area (Å²) in [6, 6.07) is 11.8. The molecule has 1 aromatic heterocycles. The first-order valence-corrected chi connectivity index (χ1v) is 8.24. The molecule has 0 bridgehead atoms. The lowest BCUT2D eigenvalue weighted by molar-refractivity contribution is -0.733. The summed E-state index contributed by atoms with van der Waals surface area (Å²) < 4.78 is 5.87. The Bertz CT molecular complexity index is 576. The van der Waals surface area contributed by atoms with Crippen LogP contribution in [0.3, 0.4) is 0 Å². The Kier molecular flexibility index (Phi) is 6.80. The predicted molar refractivity (Wildman–Crippen MR) is 88.6 cm³/mol. The van der Waals surface area contributed by atoms with Gasteiger partial charge in [0.2, 0.25) is 0 Å². The lowest BCUT2D eigenvalue weighted by Gasteiger charge is -2.05. The van der Waals surface area contributed by atoms with Gasteiger partial charge in [0, 0.05) is 5.56 Å². The maximum Gasteiger partial charge on any atom is 0.158 e. The van der Waals surface area contributed by atoms with Gasteiger partial charge in [-0.1, -0.05) is 24.3 Å². The molecule has 0 spiro atoms. The van der Waals surface area contributed by atoms with Crippen molar-refractivity contribution in [3.05, 3.63) is 47.7 Å². The number of benzene rings is 1. The molecule has 0 amide bonds. The Morgan fingerprint density at radius 1 is 0.957 bits per heavy atom. The van der Waals surface area contributed by atoms with Crippen molar-refractivity contribution in [1.82, 2.24) is 0 Å². The fraction of sp³-hybridized carbons (Fsp3) is 0.444. The van der Waals surface area contributed by atoms with E-state index in [0.29, 0.717) is 0 Å². The van der Waals surface area contributed by atoms with Crippen LogP contribution < -0.4 is 10.6 Å². The smallest absolute Gasteiger partial charge is 0.158 e. The van der Waals surface area contributed by atoms with Crippen molar-refractivity contribution in [1.29, 1.82) is 0 Å². The van der Waals surface area contributed by atoms with Crippen LogP contribution in [0.5, 0.6) is 0 Å². The van der Waals surface area contributed by atoms with Crippen molar-refractivity contribution in [2.45, 2.75) is 32.6 Å². The SMILES string of the molecule is C[C@H](O)C[NH2+]CC[NH2+]Cc1ccc(-c2ccc([C@@H](C)O)cc2)o1. The fourth-order valence-corrected chi connectivity index (χ4v) is 2.41. The number of hydrogen-bond donors (Lipinski definition) is 4. The highest BCUT2D eigenvalue weighted by molar-refractivity contribution is 5.58. The molecule has 0 fully saturated rings. The van der Waals surface area contributed by atoms with Crippen molar-refractivity contribution in [3.8, 4) is 11.3 Å². The van der Waals surface area contributed by atoms with Gasteiger partial charge in [0.15, 0.2) is 5.76 Å². The molecule has 0 saturated heterocycles. The van der Waals surface area contributed by atoms with Crippen LogP contribution in [0.1, 0.15) is 31.3 Å². The lowest BCUT2D eigenvalue weighted by Crippen LogP contribution is -2.95. The van der Waals surface area contributed by atoms with Crippen LogP contribution in [-0.4, -0.2) is 36.0 Å². The van der Waals surface area contributed by atoms with Gasteiger partial charge >= 0.3 is 0 Å². The molecule has 6 N–H and O–H groups in total. The van der Waals surface area contributed by atoms with Gasteiger partial charge < -0.3 is 25.3 Å². The molecule has 2 rings (SSSR count). The molecule has 5 nitrogen and oxygen atoms in total. The van der Waals surface area contributed by atoms with E-state index in [0.717, 1.165) is 48.8 Å². The maximum absolute atomic E-state index is 9.53. The third-order valence-electron chi connectivity index (χ3n) is 3.77. The largest absolute Gasteiger partial charge is 0.455 e. The molecule has 1 heterocycles. The summed E-state index contributed by atoms with van der Waals surface area (Å²) in [4.78, 5) is 0. The van der Waals surface area contributed by atoms with Crippen LogP contribution in [-0.2, 0) is 6.54 Å². The Labute approximate surface area is 137 Å². The summed E-state index contributed by atoms with van der Waals surface area (Å²) in [5, 5.41) is 23.0. The summed E-state index contributed by atoms with van der Waals surface area (Å²) in [6.07, 6.45) is -0.695. The molecule has 0 aliphatic heterocycles. The normalized spacial score (nSPS) is 13.9. The summed E-state index contributed by atoms with van der Waals surface area (Å²) >= 11 is 0. The first-order chi connectivity index (χ1) is 11.1. The van der Waals surface area contributed by atoms with Crippen LogP contribution >= 0.6 is 0 Å². The zero-order valence-corrected chi connectivity index (χ0v) is 13.9. The van der Waals surface area contributed by atoms with Crippen LogP contribution in [0, 0.1) is 0 Å². The van der Waals surface area contributed by atoms with Crippen LogP contribution in [0.4, 0.5) is 0 Å². The maximum atomic E-state index is 9.53. The van der Waals surface area contributed by atoms with E-state index in [1.807, 2.05) is 36.4 Å². The molecular formula is C18H28N2O3+2. The zero-order valence-electron chi connectivity index (χ0n) is 13.9. The van der Waals surface area contributed by atoms with Gasteiger partial charge in [-0.15, -0.1) is 0 Å². The second kappa shape index (κ2) is 8.84. The van der Waals surface area contributed by atoms with E-state index in [-0.39, 0.29) is 6.10 Å². The molecule has 1 aromatic carbocycles. The third kappa shape index (κ3) is 5.80. The number of aliphatic hydroxyl groups is 2. The van der Waals surface area contributed by atoms with Crippen molar-refractivity contribution < 1.29 is 25.3 Å². The number of hydrogen-bond acceptors (Lipinski definition) is 3. The van der Waals surface area contributed by atoms with Gasteiger partial charge in [0.1, 0.15) is 31.9 Å². The average Bonchev–Trinajstić information content (AvgIpc) is 2.99. The summed E-state index contributed by atoms with van der Waals surface area (Å²) in [7, 11) is 0.